The first-order valence-electron chi connectivity index (χ1n) is 6.75. The predicted octanol–water partition coefficient (Wildman–Crippen LogP) is 2.84. The van der Waals surface area contributed by atoms with Crippen LogP contribution < -0.4 is 5.32 Å². The third-order valence-electron chi connectivity index (χ3n) is 3.40. The van der Waals surface area contributed by atoms with E-state index in [9.17, 15) is 13.6 Å². The molecule has 0 fully saturated rings. The van der Waals surface area contributed by atoms with Gasteiger partial charge in [0.25, 0.3) is 5.91 Å². The number of carbonyl (C=O) groups is 1. The van der Waals surface area contributed by atoms with Crippen molar-refractivity contribution in [2.24, 2.45) is 5.92 Å². The van der Waals surface area contributed by atoms with Gasteiger partial charge in [0.05, 0.1) is 0 Å². The molecule has 2 atom stereocenters. The van der Waals surface area contributed by atoms with Gasteiger partial charge in [-0.05, 0) is 31.0 Å². The fourth-order valence-electron chi connectivity index (χ4n) is 1.72. The lowest BCUT2D eigenvalue weighted by atomic mass is 10.1. The maximum Gasteiger partial charge on any atom is 0.270 e. The van der Waals surface area contributed by atoms with Gasteiger partial charge in [0.1, 0.15) is 10.7 Å². The van der Waals surface area contributed by atoms with Crippen LogP contribution >= 0.6 is 11.3 Å². The van der Waals surface area contributed by atoms with E-state index in [4.69, 9.17) is 5.11 Å². The summed E-state index contributed by atoms with van der Waals surface area (Å²) < 4.78 is 26.2. The third-order valence-corrected chi connectivity index (χ3v) is 4.30. The number of aliphatic hydroxyl groups is 1. The molecule has 1 aromatic carbocycles. The molecule has 0 bridgehead atoms. The molecule has 7 heteroatoms. The number of amides is 1. The van der Waals surface area contributed by atoms with Crippen molar-refractivity contribution in [3.8, 4) is 10.6 Å². The molecule has 0 saturated carbocycles. The summed E-state index contributed by atoms with van der Waals surface area (Å²) in [5.74, 6) is -2.32. The molecule has 2 N–H and O–H groups in total. The molecule has 1 heterocycles. The highest BCUT2D eigenvalue weighted by Gasteiger charge is 2.18. The minimum Gasteiger partial charge on any atom is -0.396 e. The van der Waals surface area contributed by atoms with Crippen molar-refractivity contribution in [3.63, 3.8) is 0 Å². The van der Waals surface area contributed by atoms with Gasteiger partial charge in [-0.25, -0.2) is 13.8 Å². The van der Waals surface area contributed by atoms with Crippen molar-refractivity contribution in [3.05, 3.63) is 40.9 Å². The largest absolute Gasteiger partial charge is 0.396 e. The summed E-state index contributed by atoms with van der Waals surface area (Å²) in [6, 6.07) is 3.28. The van der Waals surface area contributed by atoms with Crippen LogP contribution in [0.15, 0.2) is 23.6 Å². The first-order valence-corrected chi connectivity index (χ1v) is 7.63. The van der Waals surface area contributed by atoms with E-state index < -0.39 is 11.6 Å². The molecule has 4 nitrogen and oxygen atoms in total. The average Bonchev–Trinajstić information content (AvgIpc) is 2.99. The summed E-state index contributed by atoms with van der Waals surface area (Å²) in [5.41, 5.74) is 0.626. The van der Waals surface area contributed by atoms with Crippen molar-refractivity contribution in [1.82, 2.24) is 10.3 Å². The second-order valence-corrected chi connectivity index (χ2v) is 5.95. The molecule has 0 radical (unpaired) electrons. The number of rotatable bonds is 5. The van der Waals surface area contributed by atoms with Gasteiger partial charge >= 0.3 is 0 Å². The van der Waals surface area contributed by atoms with Gasteiger partial charge < -0.3 is 10.4 Å². The Labute approximate surface area is 130 Å². The van der Waals surface area contributed by atoms with Gasteiger partial charge in [0.15, 0.2) is 11.6 Å². The zero-order valence-corrected chi connectivity index (χ0v) is 13.0. The number of hydrogen-bond donors (Lipinski definition) is 2. The van der Waals surface area contributed by atoms with Crippen LogP contribution in [0.25, 0.3) is 10.6 Å². The maximum absolute atomic E-state index is 13.2. The molecule has 1 amide bonds. The van der Waals surface area contributed by atoms with E-state index in [0.29, 0.717) is 10.6 Å². The topological polar surface area (TPSA) is 62.2 Å². The van der Waals surface area contributed by atoms with Crippen LogP contribution in [0.2, 0.25) is 0 Å². The number of aromatic nitrogens is 1. The number of nitrogens with zero attached hydrogens (tertiary/aromatic N) is 1. The van der Waals surface area contributed by atoms with Crippen LogP contribution in [0.3, 0.4) is 0 Å². The lowest BCUT2D eigenvalue weighted by Crippen LogP contribution is -2.38. The van der Waals surface area contributed by atoms with E-state index in [1.165, 1.54) is 17.4 Å². The van der Waals surface area contributed by atoms with Crippen LogP contribution in [-0.2, 0) is 0 Å². The highest BCUT2D eigenvalue weighted by molar-refractivity contribution is 7.13. The van der Waals surface area contributed by atoms with E-state index >= 15 is 0 Å². The summed E-state index contributed by atoms with van der Waals surface area (Å²) in [7, 11) is 0. The molecule has 0 spiro atoms. The summed E-state index contributed by atoms with van der Waals surface area (Å²) in [6.45, 7) is 3.58. The molecule has 2 unspecified atom stereocenters. The first kappa shape index (κ1) is 16.5. The zero-order chi connectivity index (χ0) is 16.3. The average molecular weight is 326 g/mol. The van der Waals surface area contributed by atoms with E-state index in [1.807, 2.05) is 6.92 Å². The molecule has 118 valence electrons. The summed E-state index contributed by atoms with van der Waals surface area (Å²) in [5, 5.41) is 13.8. The number of halogens is 2. The normalized spacial score (nSPS) is 13.7. The molecular formula is C15H16F2N2O2S. The fraction of sp³-hybridized carbons (Fsp3) is 0.333. The van der Waals surface area contributed by atoms with Gasteiger partial charge in [0, 0.05) is 23.6 Å². The van der Waals surface area contributed by atoms with Gasteiger partial charge in [-0.15, -0.1) is 11.3 Å². The van der Waals surface area contributed by atoms with Crippen LogP contribution in [0.1, 0.15) is 24.3 Å². The van der Waals surface area contributed by atoms with Crippen LogP contribution in [0, 0.1) is 17.6 Å². The van der Waals surface area contributed by atoms with Crippen molar-refractivity contribution < 1.29 is 18.7 Å². The Bertz CT molecular complexity index is 675. The van der Waals surface area contributed by atoms with Crippen LogP contribution in [0.5, 0.6) is 0 Å². The first-order chi connectivity index (χ1) is 10.4. The van der Waals surface area contributed by atoms with Gasteiger partial charge in [-0.2, -0.15) is 0 Å². The number of nitrogens with one attached hydrogen (secondary N) is 1. The van der Waals surface area contributed by atoms with Gasteiger partial charge in [-0.3, -0.25) is 4.79 Å². The van der Waals surface area contributed by atoms with Crippen molar-refractivity contribution in [1.29, 1.82) is 0 Å². The smallest absolute Gasteiger partial charge is 0.270 e. The summed E-state index contributed by atoms with van der Waals surface area (Å²) in [6.07, 6.45) is 0. The SMILES string of the molecule is CC(CO)C(C)NC(=O)c1csc(-c2ccc(F)c(F)c2)n1. The van der Waals surface area contributed by atoms with Gasteiger partial charge in [-0.1, -0.05) is 6.92 Å². The molecule has 0 aliphatic heterocycles. The molecule has 0 aliphatic carbocycles. The van der Waals surface area contributed by atoms with Crippen LogP contribution in [0.4, 0.5) is 8.78 Å². The van der Waals surface area contributed by atoms with Crippen LogP contribution in [-0.4, -0.2) is 28.6 Å². The molecule has 1 aromatic heterocycles. The monoisotopic (exact) mass is 326 g/mol. The minimum absolute atomic E-state index is 0.0291. The lowest BCUT2D eigenvalue weighted by Gasteiger charge is -2.18. The lowest BCUT2D eigenvalue weighted by molar-refractivity contribution is 0.0912. The van der Waals surface area contributed by atoms with Crippen molar-refractivity contribution in [2.75, 3.05) is 6.61 Å². The standard InChI is InChI=1S/C15H16F2N2O2S/c1-8(6-20)9(2)18-14(21)13-7-22-15(19-13)10-3-4-11(16)12(17)5-10/h3-5,7-9,20H,6H2,1-2H3,(H,18,21). The molecule has 2 aromatic rings. The van der Waals surface area contributed by atoms with Crippen molar-refractivity contribution in [2.45, 2.75) is 19.9 Å². The van der Waals surface area contributed by atoms with Crippen molar-refractivity contribution >= 4 is 17.2 Å². The predicted molar refractivity (Wildman–Crippen MR) is 80.6 cm³/mol. The number of hydrogen-bond acceptors (Lipinski definition) is 4. The molecular weight excluding hydrogens is 310 g/mol. The minimum atomic E-state index is -0.955. The quantitative estimate of drug-likeness (QED) is 0.888. The zero-order valence-electron chi connectivity index (χ0n) is 12.1. The Hall–Kier alpha value is -1.86. The summed E-state index contributed by atoms with van der Waals surface area (Å²) >= 11 is 1.18. The molecule has 2 rings (SSSR count). The fourth-order valence-corrected chi connectivity index (χ4v) is 2.52. The highest BCUT2D eigenvalue weighted by Crippen LogP contribution is 2.25. The third kappa shape index (κ3) is 3.66. The second kappa shape index (κ2) is 6.93. The van der Waals surface area contributed by atoms with E-state index in [2.05, 4.69) is 10.3 Å². The number of carbonyl (C=O) groups excluding carboxylic acids is 1. The van der Waals surface area contributed by atoms with E-state index in [0.717, 1.165) is 12.1 Å². The molecule has 0 aliphatic rings. The molecule has 0 saturated heterocycles. The Morgan fingerprint density at radius 2 is 2.09 bits per heavy atom. The second-order valence-electron chi connectivity index (χ2n) is 5.09. The molecule has 22 heavy (non-hydrogen) atoms. The highest BCUT2D eigenvalue weighted by atomic mass is 32.1. The van der Waals surface area contributed by atoms with Gasteiger partial charge in [0.2, 0.25) is 0 Å². The number of aliphatic hydroxyl groups excluding tert-OH is 1. The number of thiazole rings is 1. The summed E-state index contributed by atoms with van der Waals surface area (Å²) in [4.78, 5) is 16.2. The Morgan fingerprint density at radius 1 is 1.36 bits per heavy atom. The van der Waals surface area contributed by atoms with E-state index in [-0.39, 0.29) is 30.2 Å². The Balaban J connectivity index is 2.13. The maximum atomic E-state index is 13.2. The Morgan fingerprint density at radius 3 is 2.73 bits per heavy atom. The number of benzene rings is 1. The Kier molecular flexibility index (Phi) is 5.20. The van der Waals surface area contributed by atoms with E-state index in [1.54, 1.807) is 12.3 Å².